The van der Waals surface area contributed by atoms with Crippen LogP contribution < -0.4 is 0 Å². The quantitative estimate of drug-likeness (QED) is 0.124. The van der Waals surface area contributed by atoms with Crippen LogP contribution in [0.5, 0.6) is 0 Å². The molecule has 256 valence electrons. The van der Waals surface area contributed by atoms with E-state index in [2.05, 4.69) is 0 Å². The summed E-state index contributed by atoms with van der Waals surface area (Å²) in [4.78, 5) is 53.2. The van der Waals surface area contributed by atoms with E-state index in [1.54, 1.807) is 13.0 Å². The molecule has 2 rings (SSSR count). The van der Waals surface area contributed by atoms with Crippen LogP contribution in [0, 0.1) is 29.6 Å². The highest BCUT2D eigenvalue weighted by Gasteiger charge is 2.63. The van der Waals surface area contributed by atoms with Gasteiger partial charge in [-0.05, 0) is 26.3 Å². The molecular weight excluding hydrogens is 592 g/mol. The van der Waals surface area contributed by atoms with E-state index in [9.17, 15) is 49.8 Å². The lowest BCUT2D eigenvalue weighted by atomic mass is 9.76. The lowest BCUT2D eigenvalue weighted by Crippen LogP contribution is -2.59. The van der Waals surface area contributed by atoms with Crippen LogP contribution in [-0.4, -0.2) is 122 Å². The second-order valence-electron chi connectivity index (χ2n) is 12.7. The Morgan fingerprint density at radius 2 is 1.69 bits per heavy atom. The maximum Gasteiger partial charge on any atom is 0.337 e. The van der Waals surface area contributed by atoms with Gasteiger partial charge in [-0.15, -0.1) is 0 Å². The molecule has 0 aromatic carbocycles. The van der Waals surface area contributed by atoms with Gasteiger partial charge in [-0.1, -0.05) is 45.9 Å². The number of hydrogen-bond acceptors (Lipinski definition) is 13. The Balaban J connectivity index is 2.61. The Kier molecular flexibility index (Phi) is 13.4. The summed E-state index contributed by atoms with van der Waals surface area (Å²) in [6, 6.07) is 0. The van der Waals surface area contributed by atoms with Crippen molar-refractivity contribution in [2.45, 2.75) is 103 Å². The smallest absolute Gasteiger partial charge is 0.337 e. The van der Waals surface area contributed by atoms with Crippen LogP contribution >= 0.6 is 0 Å². The highest BCUT2D eigenvalue weighted by Crippen LogP contribution is 2.47. The number of hydrogen-bond donors (Lipinski definition) is 6. The minimum atomic E-state index is -2.98. The molecule has 45 heavy (non-hydrogen) atoms. The first kappa shape index (κ1) is 38.8. The van der Waals surface area contributed by atoms with Crippen molar-refractivity contribution in [2.75, 3.05) is 20.3 Å². The number of aliphatic hydroxyl groups is 6. The summed E-state index contributed by atoms with van der Waals surface area (Å²) >= 11 is 0. The Hall–Kier alpha value is -2.36. The van der Waals surface area contributed by atoms with Crippen molar-refractivity contribution < 1.29 is 64.0 Å². The number of ketones is 3. The summed E-state index contributed by atoms with van der Waals surface area (Å²) in [5, 5.41) is 65.5. The minimum Gasteiger partial charge on any atom is -0.463 e. The molecule has 0 aliphatic carbocycles. The second-order valence-corrected chi connectivity index (χ2v) is 12.7. The highest BCUT2D eigenvalue weighted by atomic mass is 16.6. The Bertz CT molecular complexity index is 1150. The summed E-state index contributed by atoms with van der Waals surface area (Å²) in [5.41, 5.74) is -4.11. The predicted octanol–water partition coefficient (Wildman–Crippen LogP) is -0.337. The summed E-state index contributed by atoms with van der Waals surface area (Å²) in [6.07, 6.45) is -5.16. The third kappa shape index (κ3) is 8.14. The molecule has 13 heteroatoms. The van der Waals surface area contributed by atoms with Gasteiger partial charge in [0.05, 0.1) is 36.9 Å². The molecule has 0 radical (unpaired) electrons. The van der Waals surface area contributed by atoms with Crippen molar-refractivity contribution in [1.82, 2.24) is 0 Å². The zero-order chi connectivity index (χ0) is 34.6. The molecule has 1 fully saturated rings. The number of esters is 1. The number of ether oxygens (including phenoxy) is 3. The molecular formula is C32H50O13. The number of aliphatic hydroxyl groups excluding tert-OH is 5. The first-order valence-electron chi connectivity index (χ1n) is 15.2. The number of carbonyl (C=O) groups excluding carboxylic acids is 4. The van der Waals surface area contributed by atoms with E-state index >= 15 is 0 Å². The van der Waals surface area contributed by atoms with Crippen LogP contribution in [0.25, 0.3) is 0 Å². The molecule has 0 bridgehead atoms. The minimum absolute atomic E-state index is 0.214. The number of carbonyl (C=O) groups is 4. The number of rotatable bonds is 6. The van der Waals surface area contributed by atoms with Gasteiger partial charge in [0.25, 0.3) is 0 Å². The normalized spacial score (nSPS) is 42.4. The Morgan fingerprint density at radius 1 is 1.09 bits per heavy atom. The van der Waals surface area contributed by atoms with Crippen molar-refractivity contribution in [3.8, 4) is 0 Å². The third-order valence-electron chi connectivity index (χ3n) is 9.36. The molecule has 0 saturated carbocycles. The van der Waals surface area contributed by atoms with Gasteiger partial charge in [0, 0.05) is 37.2 Å². The third-order valence-corrected chi connectivity index (χ3v) is 9.36. The van der Waals surface area contributed by atoms with Crippen LogP contribution in [0.4, 0.5) is 0 Å². The summed E-state index contributed by atoms with van der Waals surface area (Å²) in [7, 11) is 1.16. The molecule has 0 amide bonds. The number of epoxide rings is 1. The number of Topliss-reactive ketones (excluding diaryl/α,β-unsaturated/α-hetero) is 3. The van der Waals surface area contributed by atoms with E-state index < -0.39 is 114 Å². The first-order valence-corrected chi connectivity index (χ1v) is 15.2. The van der Waals surface area contributed by atoms with Crippen LogP contribution in [0.2, 0.25) is 0 Å². The SMILES string of the molecule is C/C=C\[C@H](C)[C@H]1O[C@]1(C)[C@H](O)[C@H]1COC(=O)[C@H](O)C(OC)[C@H](C)C(=O)[C@H](C)C(O)/C(C)=C/[C@H](C)C(=O)C[C@H](O)[C@@](O)(CO)C1=O. The molecule has 0 spiro atoms. The second kappa shape index (κ2) is 15.5. The summed E-state index contributed by atoms with van der Waals surface area (Å²) < 4.78 is 16.3. The van der Waals surface area contributed by atoms with Crippen LogP contribution in [0.3, 0.4) is 0 Å². The molecule has 13 atom stereocenters. The standard InChI is InChI=1S/C32H50O13/c1-9-10-15(2)29-31(7,45-29)27(39)20-13-44-30(41)25(38)26(43-8)19(6)24(37)18(5)23(36)17(4)11-16(3)21(34)12-22(35)32(42,14-33)28(20)40/h9-11,15-16,18-20,22-23,25-27,29,33,35-36,38-39,42H,12-14H2,1-8H3/b10-9-,17-11+/t15-,16-,18+,19+,20+,22-,23?,25+,26?,27+,29+,31+,32-/m0/s1. The van der Waals surface area contributed by atoms with E-state index in [-0.39, 0.29) is 11.5 Å². The number of cyclic esters (lactones) is 1. The maximum atomic E-state index is 13.9. The van der Waals surface area contributed by atoms with Gasteiger partial charge in [-0.3, -0.25) is 14.4 Å². The van der Waals surface area contributed by atoms with Crippen molar-refractivity contribution >= 4 is 23.3 Å². The molecule has 0 aromatic heterocycles. The Morgan fingerprint density at radius 3 is 2.22 bits per heavy atom. The largest absolute Gasteiger partial charge is 0.463 e. The van der Waals surface area contributed by atoms with Crippen molar-refractivity contribution in [3.63, 3.8) is 0 Å². The lowest BCUT2D eigenvalue weighted by molar-refractivity contribution is -0.177. The monoisotopic (exact) mass is 642 g/mol. The first-order chi connectivity index (χ1) is 20.8. The van der Waals surface area contributed by atoms with Gasteiger partial charge in [-0.2, -0.15) is 0 Å². The fraction of sp³-hybridized carbons (Fsp3) is 0.750. The van der Waals surface area contributed by atoms with Gasteiger partial charge >= 0.3 is 5.97 Å². The predicted molar refractivity (Wildman–Crippen MR) is 159 cm³/mol. The van der Waals surface area contributed by atoms with Crippen LogP contribution in [-0.2, 0) is 33.4 Å². The molecule has 13 nitrogen and oxygen atoms in total. The lowest BCUT2D eigenvalue weighted by Gasteiger charge is -2.36. The van der Waals surface area contributed by atoms with E-state index in [0.29, 0.717) is 0 Å². The molecule has 1 saturated heterocycles. The fourth-order valence-electron chi connectivity index (χ4n) is 6.15. The molecule has 2 heterocycles. The van der Waals surface area contributed by atoms with Gasteiger partial charge in [0.2, 0.25) is 0 Å². The maximum absolute atomic E-state index is 13.9. The summed E-state index contributed by atoms with van der Waals surface area (Å²) in [5.74, 6) is -9.00. The van der Waals surface area contributed by atoms with E-state index in [4.69, 9.17) is 14.2 Å². The number of allylic oxidation sites excluding steroid dienone is 2. The van der Waals surface area contributed by atoms with E-state index in [0.717, 1.165) is 7.11 Å². The van der Waals surface area contributed by atoms with E-state index in [1.807, 2.05) is 13.0 Å². The van der Waals surface area contributed by atoms with Crippen molar-refractivity contribution in [1.29, 1.82) is 0 Å². The van der Waals surface area contributed by atoms with Crippen molar-refractivity contribution in [2.24, 2.45) is 29.6 Å². The van der Waals surface area contributed by atoms with E-state index in [1.165, 1.54) is 40.7 Å². The van der Waals surface area contributed by atoms with Crippen LogP contribution in [0.15, 0.2) is 23.8 Å². The van der Waals surface area contributed by atoms with Gasteiger partial charge in [-0.25, -0.2) is 4.79 Å². The van der Waals surface area contributed by atoms with Gasteiger partial charge < -0.3 is 44.8 Å². The average molecular weight is 643 g/mol. The molecule has 2 aliphatic heterocycles. The molecule has 0 aromatic rings. The fourth-order valence-corrected chi connectivity index (χ4v) is 6.15. The highest BCUT2D eigenvalue weighted by molar-refractivity contribution is 5.93. The summed E-state index contributed by atoms with van der Waals surface area (Å²) in [6.45, 7) is 8.62. The Labute approximate surface area is 263 Å². The van der Waals surface area contributed by atoms with Gasteiger partial charge in [0.1, 0.15) is 29.9 Å². The topological polar surface area (TPSA) is 221 Å². The zero-order valence-corrected chi connectivity index (χ0v) is 27.2. The van der Waals surface area contributed by atoms with Crippen LogP contribution in [0.1, 0.15) is 54.9 Å². The zero-order valence-electron chi connectivity index (χ0n) is 27.2. The molecule has 6 N–H and O–H groups in total. The van der Waals surface area contributed by atoms with Crippen molar-refractivity contribution in [3.05, 3.63) is 23.8 Å². The molecule has 2 aliphatic rings. The molecule has 2 unspecified atom stereocenters. The number of methoxy groups -OCH3 is 1. The average Bonchev–Trinajstić information content (AvgIpc) is 3.71. The van der Waals surface area contributed by atoms with Gasteiger partial charge in [0.15, 0.2) is 17.5 Å².